The van der Waals surface area contributed by atoms with Gasteiger partial charge in [0.1, 0.15) is 6.54 Å². The molecule has 0 spiro atoms. The number of fused-ring (bicyclic) bond motifs is 2. The van der Waals surface area contributed by atoms with Crippen LogP contribution in [0.4, 0.5) is 5.69 Å². The minimum absolute atomic E-state index is 0.0631. The molecule has 0 saturated heterocycles. The highest BCUT2D eigenvalue weighted by atomic mass is 16.6. The minimum atomic E-state index is -1.21. The van der Waals surface area contributed by atoms with E-state index in [2.05, 4.69) is 4.99 Å². The lowest BCUT2D eigenvalue weighted by Crippen LogP contribution is -2.38. The monoisotopic (exact) mass is 496 g/mol. The molecule has 1 aliphatic carbocycles. The number of carboxylic acids is 1. The molecule has 1 aliphatic heterocycles. The van der Waals surface area contributed by atoms with Crippen LogP contribution in [-0.4, -0.2) is 65.2 Å². The summed E-state index contributed by atoms with van der Waals surface area (Å²) in [6.07, 6.45) is 2.74. The molecule has 1 amide bonds. The number of aliphatic hydroxyl groups excluding tert-OH is 1. The summed E-state index contributed by atoms with van der Waals surface area (Å²) < 4.78 is 11.7. The van der Waals surface area contributed by atoms with Crippen LogP contribution >= 0.6 is 0 Å². The Morgan fingerprint density at radius 1 is 1.17 bits per heavy atom. The average molecular weight is 497 g/mol. The van der Waals surface area contributed by atoms with E-state index >= 15 is 0 Å². The number of carbonyl (C=O) groups is 3. The smallest absolute Gasteiger partial charge is 0.343 e. The molecule has 2 aliphatic rings. The maximum atomic E-state index is 13.6. The maximum Gasteiger partial charge on any atom is 0.343 e. The van der Waals surface area contributed by atoms with E-state index in [9.17, 15) is 24.6 Å². The Bertz CT molecular complexity index is 1220. The number of hydrogen-bond acceptors (Lipinski definition) is 7. The molecule has 2 aromatic carbocycles. The number of esters is 1. The first-order valence-corrected chi connectivity index (χ1v) is 11.6. The standard InChI is InChI=1S/C25H28N4O7/c26-25(27)28-16-5-6-18-15(12-16)2-1-11-35-22-19(36-24(18)34)8-7-17(14-3-4-14)21(22)23(33)29(9-10-30)13-20(31)32/h5-8,12,14,30H,1-4,9-11,13H2,(H,31,32)(H4,26,27,28). The second-order valence-corrected chi connectivity index (χ2v) is 8.70. The molecule has 2 aromatic rings. The van der Waals surface area contributed by atoms with Gasteiger partial charge in [-0.25, -0.2) is 9.79 Å². The number of benzene rings is 2. The van der Waals surface area contributed by atoms with E-state index < -0.39 is 31.0 Å². The maximum absolute atomic E-state index is 13.6. The highest BCUT2D eigenvalue weighted by molar-refractivity contribution is 6.01. The second-order valence-electron chi connectivity index (χ2n) is 8.70. The number of nitrogens with zero attached hydrogens (tertiary/aromatic N) is 2. The van der Waals surface area contributed by atoms with Crippen LogP contribution in [0.3, 0.4) is 0 Å². The molecule has 0 radical (unpaired) electrons. The number of nitrogens with two attached hydrogens (primary N) is 2. The molecular formula is C25H28N4O7. The van der Waals surface area contributed by atoms with Crippen LogP contribution in [0.5, 0.6) is 11.5 Å². The molecule has 4 rings (SSSR count). The molecule has 1 heterocycles. The molecule has 1 saturated carbocycles. The molecule has 0 aromatic heterocycles. The van der Waals surface area contributed by atoms with E-state index in [0.29, 0.717) is 35.2 Å². The fraction of sp³-hybridized carbons (Fsp3) is 0.360. The van der Waals surface area contributed by atoms with Crippen molar-refractivity contribution < 1.29 is 34.1 Å². The summed E-state index contributed by atoms with van der Waals surface area (Å²) in [6, 6.07) is 8.21. The molecule has 11 heteroatoms. The fourth-order valence-electron chi connectivity index (χ4n) is 4.25. The topological polar surface area (TPSA) is 178 Å². The number of guanidine groups is 1. The number of carboxylic acid groups (broad SMARTS) is 1. The van der Waals surface area contributed by atoms with Crippen LogP contribution in [0.25, 0.3) is 0 Å². The largest absolute Gasteiger partial charge is 0.489 e. The third kappa shape index (κ3) is 5.57. The molecular weight excluding hydrogens is 468 g/mol. The third-order valence-electron chi connectivity index (χ3n) is 5.97. The molecule has 0 atom stereocenters. The normalized spacial score (nSPS) is 15.0. The van der Waals surface area contributed by atoms with Crippen molar-refractivity contribution in [1.82, 2.24) is 4.90 Å². The first-order valence-electron chi connectivity index (χ1n) is 11.6. The highest BCUT2D eigenvalue weighted by Gasteiger charge is 2.35. The Balaban J connectivity index is 1.76. The van der Waals surface area contributed by atoms with Crippen molar-refractivity contribution >= 4 is 29.5 Å². The first kappa shape index (κ1) is 25.0. The van der Waals surface area contributed by atoms with Gasteiger partial charge >= 0.3 is 11.9 Å². The van der Waals surface area contributed by atoms with Crippen LogP contribution in [0.1, 0.15) is 57.0 Å². The second kappa shape index (κ2) is 10.6. The average Bonchev–Trinajstić information content (AvgIpc) is 3.66. The van der Waals surface area contributed by atoms with Gasteiger partial charge in [-0.1, -0.05) is 6.07 Å². The van der Waals surface area contributed by atoms with Gasteiger partial charge in [-0.3, -0.25) is 9.59 Å². The van der Waals surface area contributed by atoms with Gasteiger partial charge in [0.05, 0.1) is 30.0 Å². The summed E-state index contributed by atoms with van der Waals surface area (Å²) in [6.45, 7) is -0.937. The molecule has 6 N–H and O–H groups in total. The lowest BCUT2D eigenvalue weighted by molar-refractivity contribution is -0.137. The van der Waals surface area contributed by atoms with Gasteiger partial charge in [0.15, 0.2) is 17.5 Å². The van der Waals surface area contributed by atoms with Gasteiger partial charge < -0.3 is 36.1 Å². The molecule has 1 fully saturated rings. The molecule has 36 heavy (non-hydrogen) atoms. The summed E-state index contributed by atoms with van der Waals surface area (Å²) in [7, 11) is 0. The van der Waals surface area contributed by atoms with Crippen molar-refractivity contribution in [1.29, 1.82) is 0 Å². The number of ether oxygens (including phenoxy) is 2. The van der Waals surface area contributed by atoms with Crippen molar-refractivity contribution in [2.24, 2.45) is 16.5 Å². The van der Waals surface area contributed by atoms with E-state index in [1.807, 2.05) is 0 Å². The summed E-state index contributed by atoms with van der Waals surface area (Å²) in [5.74, 6) is -2.25. The number of aliphatic imine (C=N–C) groups is 1. The highest BCUT2D eigenvalue weighted by Crippen LogP contribution is 2.47. The molecule has 11 nitrogen and oxygen atoms in total. The minimum Gasteiger partial charge on any atom is -0.489 e. The predicted octanol–water partition coefficient (Wildman–Crippen LogP) is 1.53. The van der Waals surface area contributed by atoms with Crippen molar-refractivity contribution in [3.8, 4) is 11.5 Å². The van der Waals surface area contributed by atoms with E-state index in [1.165, 1.54) is 0 Å². The Kier molecular flexibility index (Phi) is 7.39. The Hall–Kier alpha value is -4.12. The number of carbonyl (C=O) groups excluding carboxylic acids is 2. The third-order valence-corrected chi connectivity index (χ3v) is 5.97. The molecule has 190 valence electrons. The zero-order valence-electron chi connectivity index (χ0n) is 19.6. The lowest BCUT2D eigenvalue weighted by atomic mass is 9.99. The van der Waals surface area contributed by atoms with Crippen LogP contribution in [0, 0.1) is 0 Å². The Labute approximate surface area is 207 Å². The van der Waals surface area contributed by atoms with Gasteiger partial charge in [0, 0.05) is 6.54 Å². The summed E-state index contributed by atoms with van der Waals surface area (Å²) in [5.41, 5.74) is 13.3. The quantitative estimate of drug-likeness (QED) is 0.191. The number of aliphatic carboxylic acids is 1. The fourth-order valence-corrected chi connectivity index (χ4v) is 4.25. The van der Waals surface area contributed by atoms with Crippen molar-refractivity contribution in [3.63, 3.8) is 0 Å². The Morgan fingerprint density at radius 2 is 1.94 bits per heavy atom. The van der Waals surface area contributed by atoms with E-state index in [4.69, 9.17) is 20.9 Å². The van der Waals surface area contributed by atoms with Gasteiger partial charge in [0.25, 0.3) is 5.91 Å². The number of hydrogen-bond donors (Lipinski definition) is 4. The summed E-state index contributed by atoms with van der Waals surface area (Å²) in [5, 5.41) is 18.7. The first-order chi connectivity index (χ1) is 17.3. The lowest BCUT2D eigenvalue weighted by Gasteiger charge is -2.25. The van der Waals surface area contributed by atoms with Crippen molar-refractivity contribution in [3.05, 3.63) is 52.6 Å². The molecule has 0 bridgehead atoms. The van der Waals surface area contributed by atoms with Gasteiger partial charge in [0.2, 0.25) is 0 Å². The molecule has 0 unspecified atom stereocenters. The predicted molar refractivity (Wildman–Crippen MR) is 130 cm³/mol. The van der Waals surface area contributed by atoms with Gasteiger partial charge in [-0.2, -0.15) is 0 Å². The van der Waals surface area contributed by atoms with Crippen molar-refractivity contribution in [2.75, 3.05) is 26.3 Å². The van der Waals surface area contributed by atoms with E-state index in [0.717, 1.165) is 17.7 Å². The van der Waals surface area contributed by atoms with Crippen LogP contribution < -0.4 is 20.9 Å². The van der Waals surface area contributed by atoms with Crippen LogP contribution in [0.15, 0.2) is 35.3 Å². The van der Waals surface area contributed by atoms with Crippen molar-refractivity contribution in [2.45, 2.75) is 31.6 Å². The van der Waals surface area contributed by atoms with Crippen LogP contribution in [0.2, 0.25) is 0 Å². The zero-order chi connectivity index (χ0) is 25.8. The summed E-state index contributed by atoms with van der Waals surface area (Å²) >= 11 is 0. The van der Waals surface area contributed by atoms with Gasteiger partial charge in [-0.05, 0) is 67.0 Å². The van der Waals surface area contributed by atoms with Crippen LogP contribution in [-0.2, 0) is 11.2 Å². The van der Waals surface area contributed by atoms with Gasteiger partial charge in [-0.15, -0.1) is 0 Å². The van der Waals surface area contributed by atoms with E-state index in [-0.39, 0.29) is 42.1 Å². The SMILES string of the molecule is NC(N)=Nc1ccc2c(c1)CCCOc1c(ccc(C3CC3)c1C(=O)N(CCO)CC(=O)O)OC2=O. The number of aliphatic hydroxyl groups is 1. The number of aryl methyl sites for hydroxylation is 1. The number of amides is 1. The Morgan fingerprint density at radius 3 is 2.61 bits per heavy atom. The number of rotatable bonds is 7. The zero-order valence-corrected chi connectivity index (χ0v) is 19.6. The summed E-state index contributed by atoms with van der Waals surface area (Å²) in [4.78, 5) is 43.1. The van der Waals surface area contributed by atoms with E-state index in [1.54, 1.807) is 30.3 Å².